The third-order valence-corrected chi connectivity index (χ3v) is 3.84. The van der Waals surface area contributed by atoms with Crippen molar-refractivity contribution >= 4 is 5.91 Å². The van der Waals surface area contributed by atoms with Gasteiger partial charge in [-0.3, -0.25) is 9.48 Å². The molecule has 1 amide bonds. The maximum absolute atomic E-state index is 12.5. The van der Waals surface area contributed by atoms with Crippen LogP contribution in [0.25, 0.3) is 0 Å². The average molecular weight is 303 g/mol. The molecule has 118 valence electrons. The minimum atomic E-state index is -0.188. The van der Waals surface area contributed by atoms with Crippen LogP contribution < -0.4 is 0 Å². The Bertz CT molecular complexity index is 675. The fourth-order valence-corrected chi connectivity index (χ4v) is 2.70. The van der Waals surface area contributed by atoms with Crippen molar-refractivity contribution in [3.05, 3.63) is 35.2 Å². The lowest BCUT2D eigenvalue weighted by molar-refractivity contribution is -0.140. The predicted octanol–water partition coefficient (Wildman–Crippen LogP) is 1.13. The molecule has 7 nitrogen and oxygen atoms in total. The Kier molecular flexibility index (Phi) is 3.98. The van der Waals surface area contributed by atoms with Gasteiger partial charge in [0.15, 0.2) is 0 Å². The van der Waals surface area contributed by atoms with Crippen LogP contribution in [0.2, 0.25) is 0 Å². The second-order valence-corrected chi connectivity index (χ2v) is 5.74. The third kappa shape index (κ3) is 3.04. The number of morpholine rings is 1. The van der Waals surface area contributed by atoms with Crippen LogP contribution in [0.3, 0.4) is 0 Å². The first-order chi connectivity index (χ1) is 10.5. The van der Waals surface area contributed by atoms with Crippen LogP contribution in [0.4, 0.5) is 0 Å². The van der Waals surface area contributed by atoms with E-state index in [2.05, 4.69) is 15.1 Å². The van der Waals surface area contributed by atoms with Crippen molar-refractivity contribution in [2.45, 2.75) is 33.4 Å². The number of aromatic nitrogens is 4. The number of amides is 1. The van der Waals surface area contributed by atoms with Crippen LogP contribution in [-0.2, 0) is 16.1 Å². The zero-order chi connectivity index (χ0) is 15.7. The van der Waals surface area contributed by atoms with Gasteiger partial charge in [0.25, 0.3) is 0 Å². The van der Waals surface area contributed by atoms with E-state index in [0.29, 0.717) is 19.7 Å². The number of nitrogens with one attached hydrogen (secondary N) is 1. The molecule has 22 heavy (non-hydrogen) atoms. The van der Waals surface area contributed by atoms with Gasteiger partial charge in [-0.05, 0) is 26.8 Å². The quantitative estimate of drug-likeness (QED) is 0.922. The zero-order valence-corrected chi connectivity index (χ0v) is 13.2. The highest BCUT2D eigenvalue weighted by molar-refractivity contribution is 5.76. The second-order valence-electron chi connectivity index (χ2n) is 5.74. The molecule has 1 aliphatic rings. The predicted molar refractivity (Wildman–Crippen MR) is 80.3 cm³/mol. The number of imidazole rings is 1. The molecule has 1 fully saturated rings. The van der Waals surface area contributed by atoms with Crippen LogP contribution >= 0.6 is 0 Å². The number of hydrogen-bond donors (Lipinski definition) is 1. The molecule has 0 radical (unpaired) electrons. The van der Waals surface area contributed by atoms with Crippen LogP contribution in [0.5, 0.6) is 0 Å². The molecule has 7 heteroatoms. The van der Waals surface area contributed by atoms with Crippen molar-refractivity contribution in [3.63, 3.8) is 0 Å². The fraction of sp³-hybridized carbons (Fsp3) is 0.533. The van der Waals surface area contributed by atoms with E-state index in [1.165, 1.54) is 0 Å². The van der Waals surface area contributed by atoms with Crippen molar-refractivity contribution in [1.29, 1.82) is 0 Å². The Hall–Kier alpha value is -2.15. The number of ether oxygens (including phenoxy) is 1. The van der Waals surface area contributed by atoms with Gasteiger partial charge in [0.05, 0.1) is 18.8 Å². The largest absolute Gasteiger partial charge is 0.367 e. The van der Waals surface area contributed by atoms with Gasteiger partial charge >= 0.3 is 0 Å². The Morgan fingerprint density at radius 2 is 2.27 bits per heavy atom. The number of hydrogen-bond acceptors (Lipinski definition) is 4. The topological polar surface area (TPSA) is 76.0 Å². The second kappa shape index (κ2) is 5.92. The molecule has 1 aliphatic heterocycles. The fourth-order valence-electron chi connectivity index (χ4n) is 2.70. The lowest BCUT2D eigenvalue weighted by Crippen LogP contribution is -2.44. The van der Waals surface area contributed by atoms with Crippen LogP contribution in [0.1, 0.15) is 29.0 Å². The molecule has 1 saturated heterocycles. The minimum absolute atomic E-state index is 0.0581. The Labute approximate surface area is 129 Å². The molecule has 0 unspecified atom stereocenters. The van der Waals surface area contributed by atoms with Gasteiger partial charge in [0, 0.05) is 24.1 Å². The number of rotatable bonds is 3. The molecule has 1 N–H and O–H groups in total. The summed E-state index contributed by atoms with van der Waals surface area (Å²) in [6.45, 7) is 7.75. The maximum Gasteiger partial charge on any atom is 0.244 e. The van der Waals surface area contributed by atoms with E-state index in [9.17, 15) is 4.79 Å². The third-order valence-electron chi connectivity index (χ3n) is 3.84. The standard InChI is InChI=1S/C15H21N5O2/c1-10-6-12(3)20(18-10)9-14(21)19-4-5-22-13(8-19)15-16-7-11(2)17-15/h6-7,13H,4-5,8-9H2,1-3H3,(H,16,17)/t13-/m0/s1. The molecule has 3 rings (SSSR count). The summed E-state index contributed by atoms with van der Waals surface area (Å²) in [4.78, 5) is 21.8. The number of carbonyl (C=O) groups excluding carboxylic acids is 1. The molecule has 0 spiro atoms. The molecule has 1 atom stereocenters. The first kappa shape index (κ1) is 14.8. The van der Waals surface area contributed by atoms with E-state index in [-0.39, 0.29) is 18.6 Å². The molecule has 3 heterocycles. The molecule has 2 aromatic rings. The van der Waals surface area contributed by atoms with E-state index in [1.807, 2.05) is 31.7 Å². The smallest absolute Gasteiger partial charge is 0.244 e. The van der Waals surface area contributed by atoms with Crippen molar-refractivity contribution in [1.82, 2.24) is 24.6 Å². The average Bonchev–Trinajstić information content (AvgIpc) is 3.05. The van der Waals surface area contributed by atoms with Gasteiger partial charge in [-0.1, -0.05) is 0 Å². The summed E-state index contributed by atoms with van der Waals surface area (Å²) in [5.41, 5.74) is 2.92. The number of aromatic amines is 1. The number of H-pyrrole nitrogens is 1. The van der Waals surface area contributed by atoms with Gasteiger partial charge in [0.2, 0.25) is 5.91 Å². The number of carbonyl (C=O) groups is 1. The molecule has 2 aromatic heterocycles. The highest BCUT2D eigenvalue weighted by Gasteiger charge is 2.27. The van der Waals surface area contributed by atoms with Gasteiger partial charge in [-0.15, -0.1) is 0 Å². The van der Waals surface area contributed by atoms with Gasteiger partial charge < -0.3 is 14.6 Å². The molecule has 0 aromatic carbocycles. The van der Waals surface area contributed by atoms with Crippen LogP contribution in [0, 0.1) is 20.8 Å². The monoisotopic (exact) mass is 303 g/mol. The van der Waals surface area contributed by atoms with E-state index >= 15 is 0 Å². The molecular formula is C15H21N5O2. The summed E-state index contributed by atoms with van der Waals surface area (Å²) in [6, 6.07) is 1.97. The lowest BCUT2D eigenvalue weighted by Gasteiger charge is -2.32. The normalized spacial score (nSPS) is 18.7. The Morgan fingerprint density at radius 1 is 1.45 bits per heavy atom. The SMILES string of the molecule is Cc1cc(C)n(CC(=O)N2CCO[C@H](c3ncc(C)[nH]3)C2)n1. The van der Waals surface area contributed by atoms with Crippen molar-refractivity contribution in [2.24, 2.45) is 0 Å². The van der Waals surface area contributed by atoms with Gasteiger partial charge in [-0.2, -0.15) is 5.10 Å². The summed E-state index contributed by atoms with van der Waals surface area (Å²) in [5, 5.41) is 4.34. The summed E-state index contributed by atoms with van der Waals surface area (Å²) in [7, 11) is 0. The summed E-state index contributed by atoms with van der Waals surface area (Å²) >= 11 is 0. The summed E-state index contributed by atoms with van der Waals surface area (Å²) in [5.74, 6) is 0.837. The highest BCUT2D eigenvalue weighted by atomic mass is 16.5. The first-order valence-electron chi connectivity index (χ1n) is 7.45. The lowest BCUT2D eigenvalue weighted by atomic mass is 10.2. The Balaban J connectivity index is 1.66. The van der Waals surface area contributed by atoms with Crippen LogP contribution in [-0.4, -0.2) is 50.3 Å². The minimum Gasteiger partial charge on any atom is -0.367 e. The van der Waals surface area contributed by atoms with E-state index in [4.69, 9.17) is 4.74 Å². The molecule has 0 aliphatic carbocycles. The van der Waals surface area contributed by atoms with Gasteiger partial charge in [0.1, 0.15) is 18.5 Å². The van der Waals surface area contributed by atoms with Crippen molar-refractivity contribution in [2.75, 3.05) is 19.7 Å². The molecule has 0 saturated carbocycles. The van der Waals surface area contributed by atoms with Crippen molar-refractivity contribution < 1.29 is 9.53 Å². The number of nitrogens with zero attached hydrogens (tertiary/aromatic N) is 4. The highest BCUT2D eigenvalue weighted by Crippen LogP contribution is 2.20. The molecular weight excluding hydrogens is 282 g/mol. The molecule has 0 bridgehead atoms. The van der Waals surface area contributed by atoms with Gasteiger partial charge in [-0.25, -0.2) is 4.98 Å². The van der Waals surface area contributed by atoms with Crippen LogP contribution in [0.15, 0.2) is 12.3 Å². The Morgan fingerprint density at radius 3 is 2.91 bits per heavy atom. The maximum atomic E-state index is 12.5. The van der Waals surface area contributed by atoms with E-state index in [0.717, 1.165) is 22.9 Å². The first-order valence-corrected chi connectivity index (χ1v) is 7.45. The number of aryl methyl sites for hydroxylation is 3. The summed E-state index contributed by atoms with van der Waals surface area (Å²) < 4.78 is 7.47. The zero-order valence-electron chi connectivity index (χ0n) is 13.2. The van der Waals surface area contributed by atoms with Crippen molar-refractivity contribution in [3.8, 4) is 0 Å². The van der Waals surface area contributed by atoms with E-state index < -0.39 is 0 Å². The van der Waals surface area contributed by atoms with E-state index in [1.54, 1.807) is 10.9 Å². The summed E-state index contributed by atoms with van der Waals surface area (Å²) in [6.07, 6.45) is 1.59.